The van der Waals surface area contributed by atoms with Crippen molar-refractivity contribution in [1.29, 1.82) is 5.26 Å². The lowest BCUT2D eigenvalue weighted by molar-refractivity contribution is -0.0591. The van der Waals surface area contributed by atoms with Crippen LogP contribution in [0.2, 0.25) is 0 Å². The molecule has 4 fully saturated rings. The Morgan fingerprint density at radius 1 is 1.23 bits per heavy atom. The minimum atomic E-state index is 0.301. The Bertz CT molecular complexity index is 1020. The molecule has 7 heteroatoms. The van der Waals surface area contributed by atoms with Crippen molar-refractivity contribution in [1.82, 2.24) is 9.97 Å². The maximum Gasteiger partial charge on any atom is 0.224 e. The Hall–Kier alpha value is -1.92. The van der Waals surface area contributed by atoms with Gasteiger partial charge in [0.15, 0.2) is 0 Å². The number of rotatable bonds is 6. The third kappa shape index (κ3) is 4.12. The van der Waals surface area contributed by atoms with Crippen LogP contribution < -0.4 is 16.4 Å². The summed E-state index contributed by atoms with van der Waals surface area (Å²) in [5.41, 5.74) is 9.76. The average Bonchev–Trinajstić information content (AvgIpc) is 2.76. The number of hydrogen-bond donors (Lipinski definition) is 3. The van der Waals surface area contributed by atoms with E-state index < -0.39 is 0 Å². The Morgan fingerprint density at radius 3 is 2.74 bits per heavy atom. The highest BCUT2D eigenvalue weighted by Crippen LogP contribution is 2.59. The van der Waals surface area contributed by atoms with Crippen LogP contribution in [0.5, 0.6) is 0 Å². The predicted molar refractivity (Wildman–Crippen MR) is 130 cm³/mol. The lowest BCUT2D eigenvalue weighted by atomic mass is 9.48. The molecule has 1 heterocycles. The van der Waals surface area contributed by atoms with Gasteiger partial charge in [-0.3, -0.25) is 0 Å². The second-order valence-corrected chi connectivity index (χ2v) is 11.1. The third-order valence-corrected chi connectivity index (χ3v) is 8.43. The highest BCUT2D eigenvalue weighted by Gasteiger charge is 2.54. The van der Waals surface area contributed by atoms with Crippen LogP contribution in [0.25, 0.3) is 0 Å². The van der Waals surface area contributed by atoms with E-state index in [0.717, 1.165) is 12.5 Å². The number of nitrogens with two attached hydrogens (primary N) is 1. The summed E-state index contributed by atoms with van der Waals surface area (Å²) in [6.07, 6.45) is 7.93. The molecule has 0 radical (unpaired) electrons. The minimum absolute atomic E-state index is 0.301. The van der Waals surface area contributed by atoms with E-state index in [-0.39, 0.29) is 0 Å². The number of nitrogens with zero attached hydrogens (tertiary/aromatic N) is 3. The first kappa shape index (κ1) is 21.0. The zero-order chi connectivity index (χ0) is 21.6. The summed E-state index contributed by atoms with van der Waals surface area (Å²) in [5, 5.41) is 16.4. The molecule has 162 valence electrons. The number of benzene rings is 1. The zero-order valence-electron chi connectivity index (χ0n) is 17.9. The van der Waals surface area contributed by atoms with E-state index in [4.69, 9.17) is 5.73 Å². The molecule has 6 rings (SSSR count). The molecule has 6 nitrogen and oxygen atoms in total. The molecule has 3 unspecified atom stereocenters. The fourth-order valence-electron chi connectivity index (χ4n) is 6.41. The summed E-state index contributed by atoms with van der Waals surface area (Å²) in [7, 11) is 0. The molecule has 4 saturated carbocycles. The summed E-state index contributed by atoms with van der Waals surface area (Å²) in [6.45, 7) is 3.63. The molecular weight excluding hydrogens is 499 g/mol. The molecule has 4 aliphatic rings. The normalized spacial score (nSPS) is 30.8. The van der Waals surface area contributed by atoms with Gasteiger partial charge in [0.05, 0.1) is 6.20 Å². The van der Waals surface area contributed by atoms with E-state index in [1.807, 2.05) is 0 Å². The topological polar surface area (TPSA) is 99.7 Å². The van der Waals surface area contributed by atoms with Gasteiger partial charge in [0.25, 0.3) is 0 Å². The lowest BCUT2D eigenvalue weighted by Crippen LogP contribution is -2.58. The fourth-order valence-corrected chi connectivity index (χ4v) is 6.96. The number of aromatic nitrogens is 2. The van der Waals surface area contributed by atoms with Crippen molar-refractivity contribution in [2.75, 3.05) is 17.2 Å². The van der Waals surface area contributed by atoms with E-state index in [0.29, 0.717) is 47.2 Å². The van der Waals surface area contributed by atoms with Crippen LogP contribution in [0, 0.1) is 45.0 Å². The largest absolute Gasteiger partial charge is 0.368 e. The second kappa shape index (κ2) is 8.21. The van der Waals surface area contributed by atoms with Crippen molar-refractivity contribution >= 4 is 34.4 Å². The molecular formula is C24H29IN6. The standard InChI is InChI=1S/C24H29IN6/c1-14-2-3-20(25)6-18(14)11-28-23-29-12-19(10-26)22(31-23)30-13-24-7-15-4-16(8-24)21(27)17(5-15)9-24/h2-3,6,12,15-17,21H,4-5,7-9,11,13,27H2,1H3,(H2,28,29,30,31)/t15?,16-,17+,21?,24?. The molecule has 0 spiro atoms. The third-order valence-electron chi connectivity index (χ3n) is 7.76. The number of hydrogen-bond acceptors (Lipinski definition) is 6. The molecule has 1 aromatic heterocycles. The smallest absolute Gasteiger partial charge is 0.224 e. The summed E-state index contributed by atoms with van der Waals surface area (Å²) >= 11 is 2.33. The highest BCUT2D eigenvalue weighted by molar-refractivity contribution is 14.1. The van der Waals surface area contributed by atoms with Crippen molar-refractivity contribution in [3.63, 3.8) is 0 Å². The van der Waals surface area contributed by atoms with Gasteiger partial charge in [0, 0.05) is 22.7 Å². The van der Waals surface area contributed by atoms with Gasteiger partial charge in [-0.25, -0.2) is 4.98 Å². The first-order valence-electron chi connectivity index (χ1n) is 11.2. The van der Waals surface area contributed by atoms with E-state index in [1.54, 1.807) is 6.20 Å². The van der Waals surface area contributed by atoms with Gasteiger partial charge >= 0.3 is 0 Å². The van der Waals surface area contributed by atoms with Gasteiger partial charge in [-0.2, -0.15) is 10.2 Å². The molecule has 2 aromatic rings. The Kier molecular flexibility index (Phi) is 5.55. The summed E-state index contributed by atoms with van der Waals surface area (Å²) in [4.78, 5) is 9.02. The zero-order valence-corrected chi connectivity index (χ0v) is 20.0. The molecule has 0 aliphatic heterocycles. The fraction of sp³-hybridized carbons (Fsp3) is 0.542. The predicted octanol–water partition coefficient (Wildman–Crippen LogP) is 4.44. The van der Waals surface area contributed by atoms with Crippen LogP contribution in [0.3, 0.4) is 0 Å². The first-order valence-corrected chi connectivity index (χ1v) is 12.3. The summed E-state index contributed by atoms with van der Waals surface area (Å²) < 4.78 is 1.21. The molecule has 4 N–H and O–H groups in total. The van der Waals surface area contributed by atoms with Crippen molar-refractivity contribution in [2.45, 2.75) is 51.6 Å². The maximum absolute atomic E-state index is 9.57. The van der Waals surface area contributed by atoms with Crippen molar-refractivity contribution in [2.24, 2.45) is 28.9 Å². The van der Waals surface area contributed by atoms with Crippen molar-refractivity contribution in [3.05, 3.63) is 44.7 Å². The molecule has 0 saturated heterocycles. The quantitative estimate of drug-likeness (QED) is 0.480. The van der Waals surface area contributed by atoms with E-state index in [1.165, 1.54) is 46.8 Å². The Morgan fingerprint density at radius 2 is 2.00 bits per heavy atom. The van der Waals surface area contributed by atoms with Crippen LogP contribution in [0.1, 0.15) is 48.8 Å². The van der Waals surface area contributed by atoms with Gasteiger partial charge in [-0.15, -0.1) is 0 Å². The SMILES string of the molecule is Cc1ccc(I)cc1CNc1ncc(C#N)c(NCC23CC4C[C@H](C2)C(N)[C@@H](C4)C3)n1. The van der Waals surface area contributed by atoms with Crippen LogP contribution in [-0.4, -0.2) is 22.6 Å². The number of aryl methyl sites for hydroxylation is 1. The molecule has 5 atom stereocenters. The molecule has 1 aromatic carbocycles. The first-order chi connectivity index (χ1) is 14.9. The van der Waals surface area contributed by atoms with Gasteiger partial charge in [0.2, 0.25) is 5.95 Å². The molecule has 31 heavy (non-hydrogen) atoms. The monoisotopic (exact) mass is 528 g/mol. The number of halogens is 1. The second-order valence-electron chi connectivity index (χ2n) is 9.89. The molecule has 4 bridgehead atoms. The number of anilines is 2. The molecule has 0 amide bonds. The Balaban J connectivity index is 1.29. The summed E-state index contributed by atoms with van der Waals surface area (Å²) in [5.74, 6) is 3.35. The summed E-state index contributed by atoms with van der Waals surface area (Å²) in [6, 6.07) is 9.04. The average molecular weight is 528 g/mol. The van der Waals surface area contributed by atoms with E-state index in [2.05, 4.69) is 74.4 Å². The van der Waals surface area contributed by atoms with Gasteiger partial charge in [-0.05, 0) is 108 Å². The van der Waals surface area contributed by atoms with Crippen LogP contribution in [0.15, 0.2) is 24.4 Å². The number of nitrogens with one attached hydrogen (secondary N) is 2. The van der Waals surface area contributed by atoms with Crippen LogP contribution in [-0.2, 0) is 6.54 Å². The number of nitriles is 1. The maximum atomic E-state index is 9.57. The van der Waals surface area contributed by atoms with Crippen LogP contribution in [0.4, 0.5) is 11.8 Å². The van der Waals surface area contributed by atoms with Gasteiger partial charge < -0.3 is 16.4 Å². The van der Waals surface area contributed by atoms with Crippen LogP contribution >= 0.6 is 22.6 Å². The van der Waals surface area contributed by atoms with Gasteiger partial charge in [-0.1, -0.05) is 6.07 Å². The molecule has 4 aliphatic carbocycles. The lowest BCUT2D eigenvalue weighted by Gasteiger charge is -2.59. The highest BCUT2D eigenvalue weighted by atomic mass is 127. The Labute approximate surface area is 197 Å². The van der Waals surface area contributed by atoms with E-state index in [9.17, 15) is 5.26 Å². The van der Waals surface area contributed by atoms with Crippen molar-refractivity contribution in [3.8, 4) is 6.07 Å². The minimum Gasteiger partial charge on any atom is -0.368 e. The van der Waals surface area contributed by atoms with E-state index >= 15 is 0 Å². The van der Waals surface area contributed by atoms with Gasteiger partial charge in [0.1, 0.15) is 17.5 Å². The van der Waals surface area contributed by atoms with Crippen molar-refractivity contribution < 1.29 is 0 Å².